The normalized spacial score (nSPS) is 13.1. The molecule has 0 atom stereocenters. The molecule has 0 aliphatic carbocycles. The van der Waals surface area contributed by atoms with Gasteiger partial charge in [0.1, 0.15) is 8.07 Å². The van der Waals surface area contributed by atoms with Crippen molar-refractivity contribution in [3.63, 3.8) is 0 Å². The van der Waals surface area contributed by atoms with E-state index < -0.39 is 8.07 Å². The highest BCUT2D eigenvalue weighted by molar-refractivity contribution is 9.10. The molecule has 0 aromatic heterocycles. The first-order valence-electron chi connectivity index (χ1n) is 10.9. The molecule has 0 N–H and O–H groups in total. The van der Waals surface area contributed by atoms with E-state index in [0.29, 0.717) is 0 Å². The summed E-state index contributed by atoms with van der Waals surface area (Å²) in [6.07, 6.45) is 0. The molecule has 0 heterocycles. The number of hydrogen-bond donors (Lipinski definition) is 0. The minimum atomic E-state index is -1.65. The average Bonchev–Trinajstić information content (AvgIpc) is 2.56. The Bertz CT molecular complexity index is 948. The van der Waals surface area contributed by atoms with Crippen molar-refractivity contribution in [1.82, 2.24) is 0 Å². The standard InChI is InChI=1S/C28H39BrSi/c1-26(2,3)23-16-22(17-24(19-23)27(4,5)6)21-14-20(15-25(29)18-21)12-13-30(10,11)28(7,8)9/h14-19H,1-11H3. The summed E-state index contributed by atoms with van der Waals surface area (Å²) in [5.41, 5.74) is 10.2. The van der Waals surface area contributed by atoms with Gasteiger partial charge >= 0.3 is 0 Å². The van der Waals surface area contributed by atoms with Crippen LogP contribution in [-0.4, -0.2) is 8.07 Å². The van der Waals surface area contributed by atoms with Crippen molar-refractivity contribution >= 4 is 24.0 Å². The first kappa shape index (κ1) is 25.0. The van der Waals surface area contributed by atoms with E-state index in [4.69, 9.17) is 0 Å². The molecule has 0 aliphatic heterocycles. The summed E-state index contributed by atoms with van der Waals surface area (Å²) in [6, 6.07) is 13.7. The van der Waals surface area contributed by atoms with Gasteiger partial charge in [0.25, 0.3) is 0 Å². The molecule has 0 unspecified atom stereocenters. The van der Waals surface area contributed by atoms with Crippen LogP contribution in [0.3, 0.4) is 0 Å². The third kappa shape index (κ3) is 6.11. The van der Waals surface area contributed by atoms with Crippen molar-refractivity contribution in [1.29, 1.82) is 0 Å². The van der Waals surface area contributed by atoms with E-state index in [2.05, 4.69) is 139 Å². The van der Waals surface area contributed by atoms with Crippen LogP contribution in [0.5, 0.6) is 0 Å². The lowest BCUT2D eigenvalue weighted by atomic mass is 9.79. The van der Waals surface area contributed by atoms with Gasteiger partial charge in [-0.2, -0.15) is 0 Å². The van der Waals surface area contributed by atoms with Crippen molar-refractivity contribution in [2.24, 2.45) is 0 Å². The molecule has 2 rings (SSSR count). The van der Waals surface area contributed by atoms with Gasteiger partial charge in [-0.25, -0.2) is 0 Å². The second-order valence-electron chi connectivity index (χ2n) is 12.2. The SMILES string of the molecule is CC(C)(C)c1cc(-c2cc(Br)cc(C#C[Si](C)(C)C(C)(C)C)c2)cc(C(C)(C)C)c1. The molecule has 0 saturated heterocycles. The lowest BCUT2D eigenvalue weighted by Gasteiger charge is -2.31. The number of hydrogen-bond acceptors (Lipinski definition) is 0. The second-order valence-corrected chi connectivity index (χ2v) is 18.1. The number of benzene rings is 2. The van der Waals surface area contributed by atoms with Crippen LogP contribution < -0.4 is 0 Å². The summed E-state index contributed by atoms with van der Waals surface area (Å²) in [4.78, 5) is 0. The lowest BCUT2D eigenvalue weighted by Crippen LogP contribution is -2.35. The highest BCUT2D eigenvalue weighted by Crippen LogP contribution is 2.36. The fourth-order valence-electron chi connectivity index (χ4n) is 2.90. The second kappa shape index (κ2) is 8.32. The van der Waals surface area contributed by atoms with Crippen LogP contribution in [0.25, 0.3) is 11.1 Å². The predicted octanol–water partition coefficient (Wildman–Crippen LogP) is 9.11. The van der Waals surface area contributed by atoms with Crippen molar-refractivity contribution in [3.05, 3.63) is 57.6 Å². The van der Waals surface area contributed by atoms with E-state index >= 15 is 0 Å². The van der Waals surface area contributed by atoms with E-state index in [1.165, 1.54) is 22.3 Å². The minimum absolute atomic E-state index is 0.104. The monoisotopic (exact) mass is 482 g/mol. The molecular weight excluding hydrogens is 444 g/mol. The average molecular weight is 484 g/mol. The van der Waals surface area contributed by atoms with E-state index in [-0.39, 0.29) is 15.9 Å². The van der Waals surface area contributed by atoms with Crippen LogP contribution in [0.2, 0.25) is 18.1 Å². The number of rotatable bonds is 1. The zero-order valence-electron chi connectivity index (χ0n) is 20.8. The smallest absolute Gasteiger partial charge is 0.126 e. The Labute approximate surface area is 195 Å². The molecule has 0 amide bonds. The Hall–Kier alpha value is -1.30. The summed E-state index contributed by atoms with van der Waals surface area (Å²) >= 11 is 3.73. The summed E-state index contributed by atoms with van der Waals surface area (Å²) < 4.78 is 1.08. The molecule has 0 spiro atoms. The maximum atomic E-state index is 3.73. The molecule has 0 radical (unpaired) electrons. The maximum Gasteiger partial charge on any atom is 0.138 e. The van der Waals surface area contributed by atoms with Crippen molar-refractivity contribution in [2.75, 3.05) is 0 Å². The van der Waals surface area contributed by atoms with Crippen LogP contribution in [-0.2, 0) is 10.8 Å². The zero-order valence-corrected chi connectivity index (χ0v) is 23.4. The lowest BCUT2D eigenvalue weighted by molar-refractivity contribution is 0.569. The van der Waals surface area contributed by atoms with Gasteiger partial charge in [-0.15, -0.1) is 5.54 Å². The van der Waals surface area contributed by atoms with Gasteiger partial charge < -0.3 is 0 Å². The molecule has 162 valence electrons. The fourth-order valence-corrected chi connectivity index (χ4v) is 4.23. The molecule has 0 fully saturated rings. The molecule has 2 heteroatoms. The topological polar surface area (TPSA) is 0 Å². The third-order valence-corrected chi connectivity index (χ3v) is 11.2. The van der Waals surface area contributed by atoms with Crippen LogP contribution in [0.15, 0.2) is 40.9 Å². The molecular formula is C28H39BrSi. The Morgan fingerprint density at radius 1 is 0.667 bits per heavy atom. The zero-order chi connectivity index (χ0) is 23.1. The largest absolute Gasteiger partial charge is 0.138 e. The highest BCUT2D eigenvalue weighted by Gasteiger charge is 2.33. The van der Waals surface area contributed by atoms with Gasteiger partial charge in [0.05, 0.1) is 0 Å². The summed E-state index contributed by atoms with van der Waals surface area (Å²) in [7, 11) is -1.65. The van der Waals surface area contributed by atoms with Gasteiger partial charge in [0.15, 0.2) is 0 Å². The molecule has 0 bridgehead atoms. The Kier molecular flexibility index (Phi) is 6.93. The Morgan fingerprint density at radius 2 is 1.13 bits per heavy atom. The molecule has 0 nitrogen and oxygen atoms in total. The first-order chi connectivity index (χ1) is 13.4. The summed E-state index contributed by atoms with van der Waals surface area (Å²) in [6.45, 7) is 25.4. The van der Waals surface area contributed by atoms with Crippen molar-refractivity contribution in [2.45, 2.75) is 91.3 Å². The van der Waals surface area contributed by atoms with Crippen LogP contribution in [0.1, 0.15) is 79.0 Å². The first-order valence-corrected chi connectivity index (χ1v) is 14.7. The Balaban J connectivity index is 2.64. The molecule has 30 heavy (non-hydrogen) atoms. The van der Waals surface area contributed by atoms with E-state index in [9.17, 15) is 0 Å². The highest BCUT2D eigenvalue weighted by atomic mass is 79.9. The van der Waals surface area contributed by atoms with Gasteiger partial charge in [0, 0.05) is 10.0 Å². The summed E-state index contributed by atoms with van der Waals surface area (Å²) in [5, 5.41) is 0.261. The molecule has 2 aromatic rings. The third-order valence-electron chi connectivity index (χ3n) is 6.29. The predicted molar refractivity (Wildman–Crippen MR) is 141 cm³/mol. The van der Waals surface area contributed by atoms with Gasteiger partial charge in [-0.3, -0.25) is 0 Å². The van der Waals surface area contributed by atoms with Crippen molar-refractivity contribution < 1.29 is 0 Å². The molecule has 0 saturated carbocycles. The fraction of sp³-hybridized carbons (Fsp3) is 0.500. The van der Waals surface area contributed by atoms with Crippen molar-refractivity contribution in [3.8, 4) is 22.6 Å². The van der Waals surface area contributed by atoms with Gasteiger partial charge in [0.2, 0.25) is 0 Å². The molecule has 0 aliphatic rings. The Morgan fingerprint density at radius 3 is 1.57 bits per heavy atom. The van der Waals surface area contributed by atoms with Crippen LogP contribution in [0, 0.1) is 11.5 Å². The number of halogens is 1. The quantitative estimate of drug-likeness (QED) is 0.280. The van der Waals surface area contributed by atoms with Gasteiger partial charge in [-0.05, 0) is 56.3 Å². The molecule has 2 aromatic carbocycles. The summed E-state index contributed by atoms with van der Waals surface area (Å²) in [5.74, 6) is 3.51. The van der Waals surface area contributed by atoms with Crippen LogP contribution >= 0.6 is 15.9 Å². The van der Waals surface area contributed by atoms with Gasteiger partial charge in [-0.1, -0.05) is 115 Å². The van der Waals surface area contributed by atoms with Crippen LogP contribution in [0.4, 0.5) is 0 Å². The van der Waals surface area contributed by atoms with E-state index in [0.717, 1.165) is 10.0 Å². The van der Waals surface area contributed by atoms with E-state index in [1.807, 2.05) is 0 Å². The van der Waals surface area contributed by atoms with E-state index in [1.54, 1.807) is 0 Å². The minimum Gasteiger partial charge on any atom is -0.126 e. The maximum absolute atomic E-state index is 3.73.